The fourth-order valence-electron chi connectivity index (χ4n) is 3.32. The van der Waals surface area contributed by atoms with E-state index in [0.29, 0.717) is 11.8 Å². The third-order valence-corrected chi connectivity index (χ3v) is 5.79. The predicted octanol–water partition coefficient (Wildman–Crippen LogP) is 4.00. The van der Waals surface area contributed by atoms with Crippen molar-refractivity contribution in [2.75, 3.05) is 29.1 Å². The topological polar surface area (TPSA) is 49.3 Å². The second-order valence-electron chi connectivity index (χ2n) is 6.54. The van der Waals surface area contributed by atoms with Crippen LogP contribution in [0.2, 0.25) is 0 Å². The molecular formula is C20H26N4OS. The standard InChI is InChI=1S/C20H26N4OS/c1-3-16-9-7-8-12-24(16)18-13-19(22-15-21-18)26-14-20(25)23(2)17-10-5-4-6-11-17/h4-6,10-11,13,15-16H,3,7-9,12,14H2,1-2H3/t16-/m0/s1. The van der Waals surface area contributed by atoms with Crippen LogP contribution in [0, 0.1) is 0 Å². The maximum Gasteiger partial charge on any atom is 0.237 e. The van der Waals surface area contributed by atoms with E-state index >= 15 is 0 Å². The molecule has 1 aromatic carbocycles. The van der Waals surface area contributed by atoms with Crippen molar-refractivity contribution in [3.05, 3.63) is 42.7 Å². The molecule has 0 saturated carbocycles. The van der Waals surface area contributed by atoms with Gasteiger partial charge in [0, 0.05) is 31.4 Å². The summed E-state index contributed by atoms with van der Waals surface area (Å²) in [4.78, 5) is 25.4. The van der Waals surface area contributed by atoms with E-state index < -0.39 is 0 Å². The molecule has 0 bridgehead atoms. The lowest BCUT2D eigenvalue weighted by Crippen LogP contribution is -2.39. The average Bonchev–Trinajstić information content (AvgIpc) is 2.72. The molecular weight excluding hydrogens is 344 g/mol. The fourth-order valence-corrected chi connectivity index (χ4v) is 4.10. The van der Waals surface area contributed by atoms with E-state index in [-0.39, 0.29) is 5.91 Å². The first-order valence-corrected chi connectivity index (χ1v) is 10.2. The number of carbonyl (C=O) groups excluding carboxylic acids is 1. The number of hydrogen-bond donors (Lipinski definition) is 0. The van der Waals surface area contributed by atoms with E-state index in [0.717, 1.165) is 29.5 Å². The van der Waals surface area contributed by atoms with Crippen molar-refractivity contribution in [3.63, 3.8) is 0 Å². The molecule has 1 aliphatic rings. The maximum absolute atomic E-state index is 12.5. The summed E-state index contributed by atoms with van der Waals surface area (Å²) in [6.45, 7) is 3.28. The van der Waals surface area contributed by atoms with Gasteiger partial charge in [-0.05, 0) is 37.8 Å². The first-order valence-electron chi connectivity index (χ1n) is 9.22. The van der Waals surface area contributed by atoms with Crippen LogP contribution in [0.4, 0.5) is 11.5 Å². The third kappa shape index (κ3) is 4.55. The van der Waals surface area contributed by atoms with Crippen LogP contribution in [0.1, 0.15) is 32.6 Å². The Balaban J connectivity index is 1.63. The van der Waals surface area contributed by atoms with Crippen LogP contribution in [0.3, 0.4) is 0 Å². The largest absolute Gasteiger partial charge is 0.354 e. The van der Waals surface area contributed by atoms with Gasteiger partial charge >= 0.3 is 0 Å². The Labute approximate surface area is 159 Å². The van der Waals surface area contributed by atoms with Gasteiger partial charge in [-0.2, -0.15) is 0 Å². The minimum Gasteiger partial charge on any atom is -0.354 e. The Kier molecular flexibility index (Phi) is 6.50. The highest BCUT2D eigenvalue weighted by atomic mass is 32.2. The Morgan fingerprint density at radius 3 is 2.85 bits per heavy atom. The second-order valence-corrected chi connectivity index (χ2v) is 7.54. The molecule has 0 aliphatic carbocycles. The van der Waals surface area contributed by atoms with E-state index in [1.165, 1.54) is 31.0 Å². The van der Waals surface area contributed by atoms with Crippen LogP contribution in [-0.4, -0.2) is 41.3 Å². The molecule has 138 valence electrons. The van der Waals surface area contributed by atoms with Gasteiger partial charge in [0.1, 0.15) is 17.2 Å². The van der Waals surface area contributed by atoms with Crippen LogP contribution in [-0.2, 0) is 4.79 Å². The summed E-state index contributed by atoms with van der Waals surface area (Å²) in [6.07, 6.45) is 6.48. The summed E-state index contributed by atoms with van der Waals surface area (Å²) < 4.78 is 0. The molecule has 1 aromatic heterocycles. The summed E-state index contributed by atoms with van der Waals surface area (Å²) in [7, 11) is 1.81. The van der Waals surface area contributed by atoms with Gasteiger partial charge in [0.2, 0.25) is 5.91 Å². The average molecular weight is 371 g/mol. The molecule has 0 spiro atoms. The van der Waals surface area contributed by atoms with Crippen LogP contribution < -0.4 is 9.80 Å². The second kappa shape index (κ2) is 9.03. The number of carbonyl (C=O) groups is 1. The van der Waals surface area contributed by atoms with Crippen molar-refractivity contribution in [3.8, 4) is 0 Å². The normalized spacial score (nSPS) is 17.2. The molecule has 0 radical (unpaired) electrons. The van der Waals surface area contributed by atoms with Gasteiger partial charge in [-0.3, -0.25) is 4.79 Å². The summed E-state index contributed by atoms with van der Waals surface area (Å²) in [6, 6.07) is 12.3. The lowest BCUT2D eigenvalue weighted by Gasteiger charge is -2.36. The summed E-state index contributed by atoms with van der Waals surface area (Å²) in [5, 5.41) is 0.852. The number of thioether (sulfide) groups is 1. The van der Waals surface area contributed by atoms with Crippen LogP contribution in [0.15, 0.2) is 47.8 Å². The molecule has 1 amide bonds. The highest BCUT2D eigenvalue weighted by Gasteiger charge is 2.22. The summed E-state index contributed by atoms with van der Waals surface area (Å²) >= 11 is 1.47. The number of amides is 1. The van der Waals surface area contributed by atoms with Crippen molar-refractivity contribution < 1.29 is 4.79 Å². The van der Waals surface area contributed by atoms with Gasteiger partial charge in [-0.1, -0.05) is 36.9 Å². The van der Waals surface area contributed by atoms with E-state index in [9.17, 15) is 4.79 Å². The molecule has 1 saturated heterocycles. The number of rotatable bonds is 6. The molecule has 3 rings (SSSR count). The molecule has 2 heterocycles. The zero-order chi connectivity index (χ0) is 18.4. The molecule has 6 heteroatoms. The fraction of sp³-hybridized carbons (Fsp3) is 0.450. The van der Waals surface area contributed by atoms with Crippen molar-refractivity contribution in [1.82, 2.24) is 9.97 Å². The van der Waals surface area contributed by atoms with Gasteiger partial charge in [0.25, 0.3) is 0 Å². The molecule has 1 fully saturated rings. The molecule has 26 heavy (non-hydrogen) atoms. The quantitative estimate of drug-likeness (QED) is 0.568. The van der Waals surface area contributed by atoms with Crippen LogP contribution in [0.5, 0.6) is 0 Å². The number of para-hydroxylation sites is 1. The smallest absolute Gasteiger partial charge is 0.237 e. The molecule has 0 unspecified atom stereocenters. The SMILES string of the molecule is CC[C@H]1CCCCN1c1cc(SCC(=O)N(C)c2ccccc2)ncn1. The Bertz CT molecular complexity index is 725. The molecule has 1 atom stereocenters. The van der Waals surface area contributed by atoms with E-state index in [1.807, 2.05) is 43.4 Å². The number of nitrogens with zero attached hydrogens (tertiary/aromatic N) is 4. The summed E-state index contributed by atoms with van der Waals surface area (Å²) in [5.41, 5.74) is 0.903. The number of piperidine rings is 1. The first-order chi connectivity index (χ1) is 12.7. The molecule has 5 nitrogen and oxygen atoms in total. The van der Waals surface area contributed by atoms with Crippen LogP contribution >= 0.6 is 11.8 Å². The van der Waals surface area contributed by atoms with Gasteiger partial charge in [0.05, 0.1) is 5.75 Å². The lowest BCUT2D eigenvalue weighted by molar-refractivity contribution is -0.115. The molecule has 1 aliphatic heterocycles. The van der Waals surface area contributed by atoms with Crippen molar-refractivity contribution in [1.29, 1.82) is 0 Å². The number of aromatic nitrogens is 2. The minimum absolute atomic E-state index is 0.0609. The maximum atomic E-state index is 12.5. The van der Waals surface area contributed by atoms with Crippen molar-refractivity contribution in [2.45, 2.75) is 43.7 Å². The van der Waals surface area contributed by atoms with Gasteiger partial charge < -0.3 is 9.80 Å². The van der Waals surface area contributed by atoms with E-state index in [4.69, 9.17) is 0 Å². The van der Waals surface area contributed by atoms with Gasteiger partial charge in [-0.25, -0.2) is 9.97 Å². The molecule has 2 aromatic rings. The number of hydrogen-bond acceptors (Lipinski definition) is 5. The Hall–Kier alpha value is -2.08. The zero-order valence-corrected chi connectivity index (χ0v) is 16.3. The third-order valence-electron chi connectivity index (χ3n) is 4.88. The van der Waals surface area contributed by atoms with Gasteiger partial charge in [0.15, 0.2) is 0 Å². The number of benzene rings is 1. The van der Waals surface area contributed by atoms with Crippen molar-refractivity contribution in [2.24, 2.45) is 0 Å². The first kappa shape index (κ1) is 18.7. The lowest BCUT2D eigenvalue weighted by atomic mass is 10.0. The van der Waals surface area contributed by atoms with E-state index in [1.54, 1.807) is 11.2 Å². The number of anilines is 2. The Morgan fingerprint density at radius 1 is 1.27 bits per heavy atom. The zero-order valence-electron chi connectivity index (χ0n) is 15.5. The van der Waals surface area contributed by atoms with Crippen molar-refractivity contribution >= 4 is 29.2 Å². The predicted molar refractivity (Wildman–Crippen MR) is 108 cm³/mol. The minimum atomic E-state index is 0.0609. The summed E-state index contributed by atoms with van der Waals surface area (Å²) in [5.74, 6) is 1.41. The van der Waals surface area contributed by atoms with Crippen LogP contribution in [0.25, 0.3) is 0 Å². The Morgan fingerprint density at radius 2 is 2.08 bits per heavy atom. The monoisotopic (exact) mass is 370 g/mol. The highest BCUT2D eigenvalue weighted by molar-refractivity contribution is 7.99. The van der Waals surface area contributed by atoms with Gasteiger partial charge in [-0.15, -0.1) is 0 Å². The highest BCUT2D eigenvalue weighted by Crippen LogP contribution is 2.27. The van der Waals surface area contributed by atoms with E-state index in [2.05, 4.69) is 21.8 Å². The molecule has 0 N–H and O–H groups in total.